The number of aliphatic hydroxyl groups is 1. The number of nitrogens with one attached hydrogen (secondary N) is 1. The van der Waals surface area contributed by atoms with Crippen LogP contribution in [0, 0.1) is 6.92 Å². The van der Waals surface area contributed by atoms with E-state index in [1.165, 1.54) is 27.8 Å². The quantitative estimate of drug-likeness (QED) is 0.789. The number of aliphatic hydroxyl groups excluding tert-OH is 1. The first kappa shape index (κ1) is 18.1. The Labute approximate surface area is 151 Å². The molecule has 0 aliphatic carbocycles. The minimum Gasteiger partial charge on any atom is -0.392 e. The molecule has 25 heavy (non-hydrogen) atoms. The van der Waals surface area contributed by atoms with Gasteiger partial charge in [-0.1, -0.05) is 42.5 Å². The van der Waals surface area contributed by atoms with E-state index in [4.69, 9.17) is 4.74 Å². The molecule has 0 saturated carbocycles. The molecule has 1 aliphatic heterocycles. The van der Waals surface area contributed by atoms with Gasteiger partial charge < -0.3 is 15.2 Å². The monoisotopic (exact) mass is 339 g/mol. The molecule has 2 atom stereocenters. The van der Waals surface area contributed by atoms with Crippen LogP contribution in [0.4, 0.5) is 0 Å². The van der Waals surface area contributed by atoms with Gasteiger partial charge in [-0.05, 0) is 60.5 Å². The van der Waals surface area contributed by atoms with Crippen molar-refractivity contribution in [2.24, 2.45) is 0 Å². The van der Waals surface area contributed by atoms with Crippen molar-refractivity contribution in [2.45, 2.75) is 38.2 Å². The standard InChI is InChI=1S/C22H29NO2/c1-16-14-18(9-10-19(16)21-15-23-12-11-22(21)24)20-8-4-3-6-17(20)7-5-13-25-2/h3-4,6,8-10,14,21-24H,5,7,11-13,15H2,1-2H3/t21-,22-/m1/s1. The highest BCUT2D eigenvalue weighted by atomic mass is 16.5. The smallest absolute Gasteiger partial charge is 0.0633 e. The molecule has 0 spiro atoms. The fourth-order valence-corrected chi connectivity index (χ4v) is 3.85. The third-order valence-corrected chi connectivity index (χ3v) is 5.24. The average molecular weight is 339 g/mol. The van der Waals surface area contributed by atoms with Gasteiger partial charge in [0, 0.05) is 26.2 Å². The predicted molar refractivity (Wildman–Crippen MR) is 103 cm³/mol. The number of hydrogen-bond donors (Lipinski definition) is 2. The molecule has 134 valence electrons. The summed E-state index contributed by atoms with van der Waals surface area (Å²) in [7, 11) is 1.75. The maximum Gasteiger partial charge on any atom is 0.0633 e. The van der Waals surface area contributed by atoms with E-state index >= 15 is 0 Å². The van der Waals surface area contributed by atoms with Crippen LogP contribution in [0.5, 0.6) is 0 Å². The topological polar surface area (TPSA) is 41.5 Å². The highest BCUT2D eigenvalue weighted by molar-refractivity contribution is 5.68. The number of hydrogen-bond acceptors (Lipinski definition) is 3. The first-order valence-electron chi connectivity index (χ1n) is 9.27. The number of rotatable bonds is 6. The van der Waals surface area contributed by atoms with Crippen molar-refractivity contribution in [1.82, 2.24) is 5.32 Å². The van der Waals surface area contributed by atoms with Crippen molar-refractivity contribution < 1.29 is 9.84 Å². The van der Waals surface area contributed by atoms with E-state index in [2.05, 4.69) is 54.7 Å². The molecule has 2 aromatic carbocycles. The van der Waals surface area contributed by atoms with Gasteiger partial charge in [-0.25, -0.2) is 0 Å². The summed E-state index contributed by atoms with van der Waals surface area (Å²) < 4.78 is 5.19. The lowest BCUT2D eigenvalue weighted by atomic mass is 9.85. The molecule has 3 nitrogen and oxygen atoms in total. The summed E-state index contributed by atoms with van der Waals surface area (Å²) in [6.45, 7) is 4.71. The molecular weight excluding hydrogens is 310 g/mol. The molecule has 0 unspecified atom stereocenters. The fourth-order valence-electron chi connectivity index (χ4n) is 3.85. The third kappa shape index (κ3) is 4.30. The molecular formula is C22H29NO2. The second-order valence-corrected chi connectivity index (χ2v) is 6.99. The van der Waals surface area contributed by atoms with Crippen LogP contribution in [-0.4, -0.2) is 38.0 Å². The lowest BCUT2D eigenvalue weighted by Gasteiger charge is -2.30. The molecule has 2 N–H and O–H groups in total. The lowest BCUT2D eigenvalue weighted by molar-refractivity contribution is 0.114. The Bertz CT molecular complexity index is 698. The number of piperidine rings is 1. The summed E-state index contributed by atoms with van der Waals surface area (Å²) >= 11 is 0. The van der Waals surface area contributed by atoms with Crippen LogP contribution in [0.25, 0.3) is 11.1 Å². The highest BCUT2D eigenvalue weighted by Crippen LogP contribution is 2.31. The van der Waals surface area contributed by atoms with Gasteiger partial charge in [-0.2, -0.15) is 0 Å². The molecule has 3 heteroatoms. The lowest BCUT2D eigenvalue weighted by Crippen LogP contribution is -2.38. The maximum absolute atomic E-state index is 10.3. The number of ether oxygens (including phenoxy) is 1. The van der Waals surface area contributed by atoms with E-state index < -0.39 is 0 Å². The van der Waals surface area contributed by atoms with Crippen molar-refractivity contribution in [1.29, 1.82) is 0 Å². The van der Waals surface area contributed by atoms with Crippen LogP contribution < -0.4 is 5.32 Å². The Morgan fingerprint density at radius 2 is 2.04 bits per heavy atom. The van der Waals surface area contributed by atoms with Crippen molar-refractivity contribution >= 4 is 0 Å². The number of methoxy groups -OCH3 is 1. The predicted octanol–water partition coefficient (Wildman–Crippen LogP) is 3.68. The Hall–Kier alpha value is -1.68. The zero-order valence-electron chi connectivity index (χ0n) is 15.3. The summed E-state index contributed by atoms with van der Waals surface area (Å²) in [6.07, 6.45) is 2.64. The van der Waals surface area contributed by atoms with Crippen LogP contribution in [-0.2, 0) is 11.2 Å². The summed E-state index contributed by atoms with van der Waals surface area (Å²) in [5.74, 6) is 0.194. The SMILES string of the molecule is COCCCc1ccccc1-c1ccc([C@H]2CNCC[C@H]2O)c(C)c1. The summed E-state index contributed by atoms with van der Waals surface area (Å²) in [6, 6.07) is 15.3. The van der Waals surface area contributed by atoms with Gasteiger partial charge in [-0.3, -0.25) is 0 Å². The highest BCUT2D eigenvalue weighted by Gasteiger charge is 2.25. The van der Waals surface area contributed by atoms with E-state index in [0.717, 1.165) is 39.0 Å². The molecule has 0 aromatic heterocycles. The summed E-state index contributed by atoms with van der Waals surface area (Å²) in [5.41, 5.74) is 6.45. The first-order valence-corrected chi connectivity index (χ1v) is 9.27. The van der Waals surface area contributed by atoms with Gasteiger partial charge in [0.2, 0.25) is 0 Å². The van der Waals surface area contributed by atoms with Crippen molar-refractivity contribution in [3.05, 3.63) is 59.2 Å². The van der Waals surface area contributed by atoms with Gasteiger partial charge in [0.05, 0.1) is 6.10 Å². The summed E-state index contributed by atoms with van der Waals surface area (Å²) in [4.78, 5) is 0. The van der Waals surface area contributed by atoms with Gasteiger partial charge in [0.1, 0.15) is 0 Å². The molecule has 1 aliphatic rings. The molecule has 2 aromatic rings. The second-order valence-electron chi connectivity index (χ2n) is 6.99. The van der Waals surface area contributed by atoms with E-state index in [0.29, 0.717) is 0 Å². The Morgan fingerprint density at radius 1 is 1.20 bits per heavy atom. The fraction of sp³-hybridized carbons (Fsp3) is 0.455. The minimum absolute atomic E-state index is 0.194. The van der Waals surface area contributed by atoms with E-state index in [-0.39, 0.29) is 12.0 Å². The Balaban J connectivity index is 1.86. The first-order chi connectivity index (χ1) is 12.2. The normalized spacial score (nSPS) is 20.6. The van der Waals surface area contributed by atoms with Crippen molar-refractivity contribution in [3.63, 3.8) is 0 Å². The van der Waals surface area contributed by atoms with Gasteiger partial charge in [0.25, 0.3) is 0 Å². The molecule has 0 bridgehead atoms. The maximum atomic E-state index is 10.3. The molecule has 0 amide bonds. The molecule has 1 heterocycles. The van der Waals surface area contributed by atoms with Crippen LogP contribution >= 0.6 is 0 Å². The Kier molecular flexibility index (Phi) is 6.24. The Morgan fingerprint density at radius 3 is 2.80 bits per heavy atom. The zero-order chi connectivity index (χ0) is 17.6. The summed E-state index contributed by atoms with van der Waals surface area (Å²) in [5, 5.41) is 13.7. The third-order valence-electron chi connectivity index (χ3n) is 5.24. The van der Waals surface area contributed by atoms with Crippen LogP contribution in [0.1, 0.15) is 35.4 Å². The molecule has 3 rings (SSSR count). The van der Waals surface area contributed by atoms with Gasteiger partial charge in [0.15, 0.2) is 0 Å². The number of benzene rings is 2. The van der Waals surface area contributed by atoms with E-state index in [1.54, 1.807) is 7.11 Å². The largest absolute Gasteiger partial charge is 0.392 e. The van der Waals surface area contributed by atoms with Crippen LogP contribution in [0.3, 0.4) is 0 Å². The molecule has 0 radical (unpaired) electrons. The van der Waals surface area contributed by atoms with E-state index in [9.17, 15) is 5.11 Å². The van der Waals surface area contributed by atoms with Crippen molar-refractivity contribution in [2.75, 3.05) is 26.8 Å². The van der Waals surface area contributed by atoms with Gasteiger partial charge >= 0.3 is 0 Å². The molecule has 1 fully saturated rings. The minimum atomic E-state index is -0.243. The number of aryl methyl sites for hydroxylation is 2. The van der Waals surface area contributed by atoms with Crippen LogP contribution in [0.2, 0.25) is 0 Å². The second kappa shape index (κ2) is 8.61. The van der Waals surface area contributed by atoms with E-state index in [1.807, 2.05) is 0 Å². The van der Waals surface area contributed by atoms with Gasteiger partial charge in [-0.15, -0.1) is 0 Å². The van der Waals surface area contributed by atoms with Crippen molar-refractivity contribution in [3.8, 4) is 11.1 Å². The average Bonchev–Trinajstić information content (AvgIpc) is 2.63. The zero-order valence-corrected chi connectivity index (χ0v) is 15.3. The molecule has 1 saturated heterocycles. The van der Waals surface area contributed by atoms with Crippen LogP contribution in [0.15, 0.2) is 42.5 Å².